The lowest BCUT2D eigenvalue weighted by atomic mass is 9.97. The highest BCUT2D eigenvalue weighted by atomic mass is 35.5. The number of hydrogen-bond donors (Lipinski definition) is 1. The minimum absolute atomic E-state index is 0.0204. The molecule has 4 rings (SSSR count). The molecule has 0 spiro atoms. The second kappa shape index (κ2) is 7.98. The predicted octanol–water partition coefficient (Wildman–Crippen LogP) is 3.80. The molecule has 0 amide bonds. The van der Waals surface area contributed by atoms with E-state index in [4.69, 9.17) is 11.6 Å². The third kappa shape index (κ3) is 3.95. The SMILES string of the molecule is CN1CCCC1C1CCN(c2cc(F)c(S(=O)(=O)Nc3nccs3)c(F)c2Cl)C1. The van der Waals surface area contributed by atoms with Crippen LogP contribution in [0.2, 0.25) is 5.02 Å². The number of rotatable bonds is 5. The van der Waals surface area contributed by atoms with E-state index in [1.807, 2.05) is 4.90 Å². The number of sulfonamides is 1. The molecule has 2 aliphatic rings. The van der Waals surface area contributed by atoms with Gasteiger partial charge in [-0.15, -0.1) is 11.3 Å². The van der Waals surface area contributed by atoms with Gasteiger partial charge in [0.1, 0.15) is 10.8 Å². The third-order valence-corrected chi connectivity index (χ3v) is 8.26. The van der Waals surface area contributed by atoms with Crippen molar-refractivity contribution in [1.82, 2.24) is 9.88 Å². The molecule has 158 valence electrons. The summed E-state index contributed by atoms with van der Waals surface area (Å²) in [4.78, 5) is 6.86. The van der Waals surface area contributed by atoms with Gasteiger partial charge in [-0.05, 0) is 38.8 Å². The normalized spacial score (nSPS) is 23.1. The minimum atomic E-state index is -4.50. The molecule has 2 atom stereocenters. The van der Waals surface area contributed by atoms with E-state index in [-0.39, 0.29) is 15.8 Å². The van der Waals surface area contributed by atoms with Crippen LogP contribution in [0.1, 0.15) is 19.3 Å². The predicted molar refractivity (Wildman–Crippen MR) is 110 cm³/mol. The topological polar surface area (TPSA) is 65.5 Å². The van der Waals surface area contributed by atoms with Crippen LogP contribution < -0.4 is 9.62 Å². The summed E-state index contributed by atoms with van der Waals surface area (Å²) in [5.74, 6) is -2.07. The van der Waals surface area contributed by atoms with Crippen molar-refractivity contribution in [2.24, 2.45) is 5.92 Å². The van der Waals surface area contributed by atoms with Crippen LogP contribution in [0.15, 0.2) is 22.5 Å². The Morgan fingerprint density at radius 1 is 1.31 bits per heavy atom. The average Bonchev–Trinajstić information content (AvgIpc) is 3.39. The Morgan fingerprint density at radius 3 is 2.76 bits per heavy atom. The fourth-order valence-corrected chi connectivity index (χ4v) is 6.59. The molecule has 0 radical (unpaired) electrons. The number of likely N-dealkylation sites (tertiary alicyclic amines) is 1. The number of anilines is 2. The van der Waals surface area contributed by atoms with Gasteiger partial charge in [0, 0.05) is 36.8 Å². The van der Waals surface area contributed by atoms with Crippen LogP contribution in [0.25, 0.3) is 0 Å². The standard InChI is InChI=1S/C18H21ClF2N4O2S2/c1-24-6-2-3-13(24)11-4-7-25(10-11)14-9-12(20)17(16(21)15(14)19)29(26,27)23-18-22-5-8-28-18/h5,8-9,11,13H,2-4,6-7,10H2,1H3,(H,22,23). The zero-order valence-corrected chi connectivity index (χ0v) is 18.1. The van der Waals surface area contributed by atoms with Crippen LogP contribution in [-0.2, 0) is 10.0 Å². The Kier molecular flexibility index (Phi) is 5.71. The van der Waals surface area contributed by atoms with Crippen LogP contribution in [0.3, 0.4) is 0 Å². The van der Waals surface area contributed by atoms with E-state index in [0.717, 1.165) is 43.2 Å². The number of benzene rings is 1. The highest BCUT2D eigenvalue weighted by molar-refractivity contribution is 7.93. The highest BCUT2D eigenvalue weighted by Crippen LogP contribution is 2.39. The van der Waals surface area contributed by atoms with E-state index in [2.05, 4.69) is 21.7 Å². The van der Waals surface area contributed by atoms with Crippen molar-refractivity contribution < 1.29 is 17.2 Å². The molecule has 2 fully saturated rings. The van der Waals surface area contributed by atoms with E-state index in [9.17, 15) is 17.2 Å². The lowest BCUT2D eigenvalue weighted by Crippen LogP contribution is -2.34. The van der Waals surface area contributed by atoms with Gasteiger partial charge in [0.05, 0.1) is 5.69 Å². The minimum Gasteiger partial charge on any atom is -0.370 e. The summed E-state index contributed by atoms with van der Waals surface area (Å²) in [6, 6.07) is 1.47. The van der Waals surface area contributed by atoms with E-state index >= 15 is 0 Å². The summed E-state index contributed by atoms with van der Waals surface area (Å²) in [6.07, 6.45) is 4.56. The molecule has 0 saturated carbocycles. The van der Waals surface area contributed by atoms with Crippen molar-refractivity contribution in [1.29, 1.82) is 0 Å². The fraction of sp³-hybridized carbons (Fsp3) is 0.500. The van der Waals surface area contributed by atoms with Gasteiger partial charge in [-0.1, -0.05) is 11.6 Å². The molecular formula is C18H21ClF2N4O2S2. The molecule has 2 saturated heterocycles. The smallest absolute Gasteiger partial charge is 0.269 e. The number of nitrogens with zero attached hydrogens (tertiary/aromatic N) is 3. The van der Waals surface area contributed by atoms with Crippen LogP contribution in [0, 0.1) is 17.6 Å². The molecule has 2 aromatic rings. The zero-order valence-electron chi connectivity index (χ0n) is 15.7. The molecule has 0 bridgehead atoms. The largest absolute Gasteiger partial charge is 0.370 e. The summed E-state index contributed by atoms with van der Waals surface area (Å²) in [7, 11) is -2.40. The first-order valence-corrected chi connectivity index (χ1v) is 12.1. The summed E-state index contributed by atoms with van der Waals surface area (Å²) < 4.78 is 56.7. The number of nitrogens with one attached hydrogen (secondary N) is 1. The maximum absolute atomic E-state index is 14.9. The number of hydrogen-bond acceptors (Lipinski definition) is 6. The molecule has 6 nitrogen and oxygen atoms in total. The fourth-order valence-electron chi connectivity index (χ4n) is 4.33. The Labute approximate surface area is 177 Å². The maximum atomic E-state index is 14.9. The lowest BCUT2D eigenvalue weighted by Gasteiger charge is -2.27. The van der Waals surface area contributed by atoms with Gasteiger partial charge in [0.2, 0.25) is 0 Å². The second-order valence-corrected chi connectivity index (χ2v) is 10.4. The van der Waals surface area contributed by atoms with E-state index < -0.39 is 26.6 Å². The maximum Gasteiger partial charge on any atom is 0.269 e. The zero-order chi connectivity index (χ0) is 20.8. The molecule has 11 heteroatoms. The highest BCUT2D eigenvalue weighted by Gasteiger charge is 2.36. The van der Waals surface area contributed by atoms with Crippen LogP contribution >= 0.6 is 22.9 Å². The van der Waals surface area contributed by atoms with E-state index in [1.54, 1.807) is 5.38 Å². The average molecular weight is 463 g/mol. The molecule has 0 aliphatic carbocycles. The first-order valence-electron chi connectivity index (χ1n) is 9.33. The first kappa shape index (κ1) is 20.8. The van der Waals surface area contributed by atoms with Crippen LogP contribution in [0.4, 0.5) is 19.6 Å². The van der Waals surface area contributed by atoms with Crippen LogP contribution in [-0.4, -0.2) is 51.0 Å². The Bertz CT molecular complexity index is 1000. The molecule has 29 heavy (non-hydrogen) atoms. The van der Waals surface area contributed by atoms with Gasteiger partial charge in [-0.2, -0.15) is 0 Å². The van der Waals surface area contributed by atoms with Gasteiger partial charge in [0.15, 0.2) is 15.8 Å². The molecule has 1 aromatic heterocycles. The van der Waals surface area contributed by atoms with Crippen molar-refractivity contribution in [2.75, 3.05) is 36.3 Å². The number of thiazole rings is 1. The number of aromatic nitrogens is 1. The van der Waals surface area contributed by atoms with E-state index in [1.165, 1.54) is 6.20 Å². The summed E-state index contributed by atoms with van der Waals surface area (Å²) >= 11 is 7.18. The Morgan fingerprint density at radius 2 is 2.10 bits per heavy atom. The van der Waals surface area contributed by atoms with Gasteiger partial charge in [-0.25, -0.2) is 22.2 Å². The van der Waals surface area contributed by atoms with Crippen molar-refractivity contribution in [3.8, 4) is 0 Å². The molecule has 2 unspecified atom stereocenters. The van der Waals surface area contributed by atoms with Gasteiger partial charge < -0.3 is 9.80 Å². The van der Waals surface area contributed by atoms with E-state index in [0.29, 0.717) is 25.0 Å². The number of halogens is 3. The summed E-state index contributed by atoms with van der Waals surface area (Å²) in [6.45, 7) is 2.32. The van der Waals surface area contributed by atoms with Crippen molar-refractivity contribution in [2.45, 2.75) is 30.2 Å². The molecule has 3 heterocycles. The van der Waals surface area contributed by atoms with Gasteiger partial charge >= 0.3 is 0 Å². The second-order valence-electron chi connectivity index (χ2n) is 7.46. The lowest BCUT2D eigenvalue weighted by molar-refractivity contribution is 0.239. The third-order valence-electron chi connectivity index (χ3n) is 5.71. The first-order chi connectivity index (χ1) is 13.8. The van der Waals surface area contributed by atoms with Crippen LogP contribution in [0.5, 0.6) is 0 Å². The van der Waals surface area contributed by atoms with Crippen molar-refractivity contribution in [3.63, 3.8) is 0 Å². The monoisotopic (exact) mass is 462 g/mol. The Balaban J connectivity index is 1.61. The van der Waals surface area contributed by atoms with Gasteiger partial charge in [0.25, 0.3) is 10.0 Å². The van der Waals surface area contributed by atoms with Crippen molar-refractivity contribution in [3.05, 3.63) is 34.3 Å². The Hall–Kier alpha value is -1.49. The van der Waals surface area contributed by atoms with Gasteiger partial charge in [-0.3, -0.25) is 4.72 Å². The molecule has 1 N–H and O–H groups in total. The quantitative estimate of drug-likeness (QED) is 0.685. The summed E-state index contributed by atoms with van der Waals surface area (Å²) in [5.41, 5.74) is 0.193. The molecule has 2 aliphatic heterocycles. The molecule has 1 aromatic carbocycles. The molecular weight excluding hydrogens is 442 g/mol. The summed E-state index contributed by atoms with van der Waals surface area (Å²) in [5, 5.41) is 1.19. The van der Waals surface area contributed by atoms with Crippen molar-refractivity contribution >= 4 is 43.8 Å².